The molecule has 1 aliphatic heterocycles. The van der Waals surface area contributed by atoms with Crippen molar-refractivity contribution in [3.63, 3.8) is 0 Å². The lowest BCUT2D eigenvalue weighted by atomic mass is 9.85. The molecule has 0 aromatic heterocycles. The van der Waals surface area contributed by atoms with Crippen LogP contribution in [0.2, 0.25) is 0 Å². The summed E-state index contributed by atoms with van der Waals surface area (Å²) < 4.78 is 0. The lowest BCUT2D eigenvalue weighted by Crippen LogP contribution is -2.28. The second-order valence-corrected chi connectivity index (χ2v) is 6.17. The van der Waals surface area contributed by atoms with Crippen molar-refractivity contribution in [2.24, 2.45) is 11.1 Å². The van der Waals surface area contributed by atoms with Crippen LogP contribution >= 0.6 is 0 Å². The topological polar surface area (TPSA) is 29.3 Å². The van der Waals surface area contributed by atoms with Crippen LogP contribution in [0.4, 0.5) is 0 Å². The molecule has 96 valence electrons. The maximum absolute atomic E-state index is 5.94. The largest absolute Gasteiger partial charge is 0.328 e. The minimum absolute atomic E-state index is 0.420. The van der Waals surface area contributed by atoms with Crippen molar-refractivity contribution < 1.29 is 0 Å². The first-order valence-electron chi connectivity index (χ1n) is 7.01. The molecule has 0 bridgehead atoms. The van der Waals surface area contributed by atoms with Crippen molar-refractivity contribution in [1.29, 1.82) is 0 Å². The predicted octanol–water partition coefficient (Wildman–Crippen LogP) is 3.02. The SMILES string of the molecule is CCC(N)CCCN1CCCC(C)(C)CC1. The van der Waals surface area contributed by atoms with Crippen LogP contribution in [0.25, 0.3) is 0 Å². The molecule has 1 fully saturated rings. The van der Waals surface area contributed by atoms with Gasteiger partial charge in [-0.15, -0.1) is 0 Å². The quantitative estimate of drug-likeness (QED) is 0.781. The van der Waals surface area contributed by atoms with Gasteiger partial charge in [-0.3, -0.25) is 0 Å². The highest BCUT2D eigenvalue weighted by atomic mass is 15.1. The van der Waals surface area contributed by atoms with Gasteiger partial charge in [-0.2, -0.15) is 0 Å². The van der Waals surface area contributed by atoms with E-state index < -0.39 is 0 Å². The van der Waals surface area contributed by atoms with Gasteiger partial charge >= 0.3 is 0 Å². The van der Waals surface area contributed by atoms with Crippen LogP contribution in [0.3, 0.4) is 0 Å². The maximum atomic E-state index is 5.94. The Kier molecular flexibility index (Phi) is 5.77. The number of hydrogen-bond donors (Lipinski definition) is 1. The molecule has 0 spiro atoms. The van der Waals surface area contributed by atoms with Crippen LogP contribution in [0.1, 0.15) is 59.3 Å². The Bertz CT molecular complexity index is 189. The van der Waals surface area contributed by atoms with Crippen molar-refractivity contribution in [2.75, 3.05) is 19.6 Å². The van der Waals surface area contributed by atoms with Gasteiger partial charge in [0.15, 0.2) is 0 Å². The van der Waals surface area contributed by atoms with E-state index in [0.717, 1.165) is 6.42 Å². The summed E-state index contributed by atoms with van der Waals surface area (Å²) in [4.78, 5) is 2.64. The van der Waals surface area contributed by atoms with Gasteiger partial charge < -0.3 is 10.6 Å². The van der Waals surface area contributed by atoms with E-state index in [9.17, 15) is 0 Å². The molecule has 0 amide bonds. The fourth-order valence-electron chi connectivity index (χ4n) is 2.48. The highest BCUT2D eigenvalue weighted by Gasteiger charge is 2.22. The van der Waals surface area contributed by atoms with Crippen LogP contribution in [0.5, 0.6) is 0 Å². The molecule has 0 saturated carbocycles. The molecule has 16 heavy (non-hydrogen) atoms. The summed E-state index contributed by atoms with van der Waals surface area (Å²) >= 11 is 0. The van der Waals surface area contributed by atoms with Crippen molar-refractivity contribution in [3.8, 4) is 0 Å². The molecular weight excluding hydrogens is 196 g/mol. The van der Waals surface area contributed by atoms with E-state index in [2.05, 4.69) is 25.7 Å². The van der Waals surface area contributed by atoms with Crippen LogP contribution in [-0.2, 0) is 0 Å². The van der Waals surface area contributed by atoms with E-state index in [-0.39, 0.29) is 0 Å². The van der Waals surface area contributed by atoms with E-state index >= 15 is 0 Å². The summed E-state index contributed by atoms with van der Waals surface area (Å²) in [6, 6.07) is 0.420. The highest BCUT2D eigenvalue weighted by Crippen LogP contribution is 2.29. The third kappa shape index (κ3) is 5.31. The number of likely N-dealkylation sites (tertiary alicyclic amines) is 1. The Morgan fingerprint density at radius 1 is 1.25 bits per heavy atom. The third-order valence-corrected chi connectivity index (χ3v) is 4.01. The Balaban J connectivity index is 2.18. The molecule has 0 aromatic rings. The Hall–Kier alpha value is -0.0800. The van der Waals surface area contributed by atoms with E-state index in [1.807, 2.05) is 0 Å². The van der Waals surface area contributed by atoms with E-state index in [1.54, 1.807) is 0 Å². The summed E-state index contributed by atoms with van der Waals surface area (Å²) in [6.07, 6.45) is 7.69. The number of nitrogens with zero attached hydrogens (tertiary/aromatic N) is 1. The van der Waals surface area contributed by atoms with E-state index in [0.29, 0.717) is 11.5 Å². The number of hydrogen-bond acceptors (Lipinski definition) is 2. The summed E-state index contributed by atoms with van der Waals surface area (Å²) in [6.45, 7) is 10.8. The molecule has 2 N–H and O–H groups in total. The van der Waals surface area contributed by atoms with Crippen molar-refractivity contribution in [1.82, 2.24) is 4.90 Å². The van der Waals surface area contributed by atoms with Crippen LogP contribution in [0, 0.1) is 5.41 Å². The molecule has 1 saturated heterocycles. The molecule has 0 radical (unpaired) electrons. The Morgan fingerprint density at radius 3 is 2.69 bits per heavy atom. The highest BCUT2D eigenvalue weighted by molar-refractivity contribution is 4.76. The van der Waals surface area contributed by atoms with Crippen LogP contribution < -0.4 is 5.73 Å². The molecule has 1 atom stereocenters. The summed E-state index contributed by atoms with van der Waals surface area (Å²) in [5.41, 5.74) is 6.51. The van der Waals surface area contributed by atoms with Gasteiger partial charge in [-0.1, -0.05) is 20.8 Å². The van der Waals surface area contributed by atoms with Gasteiger partial charge in [0.25, 0.3) is 0 Å². The molecule has 0 aromatic carbocycles. The molecule has 1 heterocycles. The Morgan fingerprint density at radius 2 is 2.00 bits per heavy atom. The van der Waals surface area contributed by atoms with Gasteiger partial charge in [0.2, 0.25) is 0 Å². The fraction of sp³-hybridized carbons (Fsp3) is 1.00. The smallest absolute Gasteiger partial charge is 0.00366 e. The molecule has 2 nitrogen and oxygen atoms in total. The number of rotatable bonds is 5. The normalized spacial score (nSPS) is 24.0. The minimum Gasteiger partial charge on any atom is -0.328 e. The van der Waals surface area contributed by atoms with Crippen molar-refractivity contribution in [2.45, 2.75) is 65.3 Å². The Labute approximate surface area is 102 Å². The number of nitrogens with two attached hydrogens (primary N) is 1. The second kappa shape index (κ2) is 6.61. The third-order valence-electron chi connectivity index (χ3n) is 4.01. The fourth-order valence-corrected chi connectivity index (χ4v) is 2.48. The molecular formula is C14H30N2. The standard InChI is InChI=1S/C14H30N2/c1-4-13(15)7-5-10-16-11-6-8-14(2,3)9-12-16/h13H,4-12,15H2,1-3H3. The molecule has 0 aliphatic carbocycles. The zero-order valence-electron chi connectivity index (χ0n) is 11.5. The summed E-state index contributed by atoms with van der Waals surface area (Å²) in [5, 5.41) is 0. The van der Waals surface area contributed by atoms with E-state index in [4.69, 9.17) is 5.73 Å². The first kappa shape index (κ1) is 14.0. The lowest BCUT2D eigenvalue weighted by molar-refractivity contribution is 0.256. The van der Waals surface area contributed by atoms with Gasteiger partial charge in [0, 0.05) is 6.04 Å². The van der Waals surface area contributed by atoms with Crippen LogP contribution in [0.15, 0.2) is 0 Å². The first-order chi connectivity index (χ1) is 7.53. The zero-order valence-corrected chi connectivity index (χ0v) is 11.5. The lowest BCUT2D eigenvalue weighted by Gasteiger charge is -2.23. The summed E-state index contributed by atoms with van der Waals surface area (Å²) in [7, 11) is 0. The average Bonchev–Trinajstić information content (AvgIpc) is 2.40. The molecule has 1 unspecified atom stereocenters. The van der Waals surface area contributed by atoms with Gasteiger partial charge in [0.05, 0.1) is 0 Å². The molecule has 1 aliphatic rings. The predicted molar refractivity (Wildman–Crippen MR) is 71.6 cm³/mol. The molecule has 2 heteroatoms. The van der Waals surface area contributed by atoms with Gasteiger partial charge in [-0.05, 0) is 63.6 Å². The zero-order chi connectivity index (χ0) is 12.0. The van der Waals surface area contributed by atoms with Crippen LogP contribution in [-0.4, -0.2) is 30.6 Å². The minimum atomic E-state index is 0.420. The first-order valence-corrected chi connectivity index (χ1v) is 7.01. The second-order valence-electron chi connectivity index (χ2n) is 6.17. The monoisotopic (exact) mass is 226 g/mol. The average molecular weight is 226 g/mol. The van der Waals surface area contributed by atoms with Gasteiger partial charge in [0.1, 0.15) is 0 Å². The summed E-state index contributed by atoms with van der Waals surface area (Å²) in [5.74, 6) is 0. The van der Waals surface area contributed by atoms with Crippen molar-refractivity contribution >= 4 is 0 Å². The molecule has 1 rings (SSSR count). The van der Waals surface area contributed by atoms with E-state index in [1.165, 1.54) is 51.7 Å². The van der Waals surface area contributed by atoms with Gasteiger partial charge in [-0.25, -0.2) is 0 Å². The van der Waals surface area contributed by atoms with Crippen molar-refractivity contribution in [3.05, 3.63) is 0 Å². The maximum Gasteiger partial charge on any atom is 0.00366 e.